The number of hydrogen-bond acceptors (Lipinski definition) is 2. The molecule has 1 aromatic carbocycles. The van der Waals surface area contributed by atoms with Gasteiger partial charge in [-0.15, -0.1) is 0 Å². The van der Waals surface area contributed by atoms with Gasteiger partial charge in [-0.3, -0.25) is 4.68 Å². The van der Waals surface area contributed by atoms with E-state index in [9.17, 15) is 17.4 Å². The molecule has 20 heavy (non-hydrogen) atoms. The van der Waals surface area contributed by atoms with Gasteiger partial charge in [-0.1, -0.05) is 24.3 Å². The van der Waals surface area contributed by atoms with E-state index in [2.05, 4.69) is 5.10 Å². The highest BCUT2D eigenvalue weighted by atomic mass is 32.2. The van der Waals surface area contributed by atoms with Gasteiger partial charge in [0.1, 0.15) is 0 Å². The first-order chi connectivity index (χ1) is 9.34. The van der Waals surface area contributed by atoms with Crippen molar-refractivity contribution in [3.05, 3.63) is 53.3 Å². The summed E-state index contributed by atoms with van der Waals surface area (Å²) in [6.07, 6.45) is -3.18. The number of hydrogen-bond donors (Lipinski definition) is 1. The minimum atomic E-state index is -4.44. The average Bonchev–Trinajstić information content (AvgIpc) is 2.79. The molecule has 8 heteroatoms. The maximum atomic E-state index is 12.4. The molecule has 2 rings (SSSR count). The van der Waals surface area contributed by atoms with Crippen LogP contribution in [0.15, 0.2) is 36.5 Å². The van der Waals surface area contributed by atoms with Gasteiger partial charge in [-0.25, -0.2) is 4.21 Å². The van der Waals surface area contributed by atoms with Crippen LogP contribution in [0.5, 0.6) is 0 Å². The number of aromatic nitrogens is 2. The maximum Gasteiger partial charge on any atom is 0.435 e. The SMILES string of the molecule is O=S(O)Cc1ccc(Cn2ccc(C(F)(F)F)n2)cc1. The van der Waals surface area contributed by atoms with Crippen molar-refractivity contribution in [3.8, 4) is 0 Å². The summed E-state index contributed by atoms with van der Waals surface area (Å²) in [7, 11) is 0. The van der Waals surface area contributed by atoms with Crippen LogP contribution in [-0.2, 0) is 29.6 Å². The van der Waals surface area contributed by atoms with Gasteiger partial charge in [0.2, 0.25) is 0 Å². The van der Waals surface area contributed by atoms with Gasteiger partial charge in [0.15, 0.2) is 16.8 Å². The van der Waals surface area contributed by atoms with Crippen LogP contribution in [0.2, 0.25) is 0 Å². The second kappa shape index (κ2) is 5.76. The van der Waals surface area contributed by atoms with E-state index in [4.69, 9.17) is 4.55 Å². The summed E-state index contributed by atoms with van der Waals surface area (Å²) in [6, 6.07) is 7.63. The molecule has 1 atom stereocenters. The Bertz CT molecular complexity index is 608. The fraction of sp³-hybridized carbons (Fsp3) is 0.250. The molecule has 1 heterocycles. The number of benzene rings is 1. The molecule has 0 aliphatic heterocycles. The van der Waals surface area contributed by atoms with E-state index >= 15 is 0 Å². The molecule has 0 radical (unpaired) electrons. The van der Waals surface area contributed by atoms with Crippen molar-refractivity contribution in [1.29, 1.82) is 0 Å². The number of halogens is 3. The quantitative estimate of drug-likeness (QED) is 0.884. The highest BCUT2D eigenvalue weighted by molar-refractivity contribution is 7.78. The van der Waals surface area contributed by atoms with Crippen LogP contribution >= 0.6 is 0 Å². The normalized spacial score (nSPS) is 13.4. The highest BCUT2D eigenvalue weighted by Gasteiger charge is 2.33. The molecule has 0 bridgehead atoms. The Morgan fingerprint density at radius 1 is 1.15 bits per heavy atom. The van der Waals surface area contributed by atoms with E-state index in [0.717, 1.165) is 11.6 Å². The Kier molecular flexibility index (Phi) is 4.24. The first-order valence-corrected chi connectivity index (χ1v) is 6.88. The third-order valence-corrected chi connectivity index (χ3v) is 3.17. The third-order valence-electron chi connectivity index (χ3n) is 2.59. The van der Waals surface area contributed by atoms with Crippen molar-refractivity contribution >= 4 is 11.1 Å². The van der Waals surface area contributed by atoms with E-state index in [1.807, 2.05) is 0 Å². The van der Waals surface area contributed by atoms with E-state index in [-0.39, 0.29) is 12.3 Å². The van der Waals surface area contributed by atoms with E-state index in [1.165, 1.54) is 10.9 Å². The first kappa shape index (κ1) is 14.7. The minimum Gasteiger partial charge on any atom is -0.306 e. The Hall–Kier alpha value is -1.67. The lowest BCUT2D eigenvalue weighted by Gasteiger charge is -2.04. The lowest BCUT2D eigenvalue weighted by Crippen LogP contribution is -2.08. The fourth-order valence-electron chi connectivity index (χ4n) is 1.67. The standard InChI is InChI=1S/C12H11F3N2O2S/c13-12(14,15)11-5-6-17(16-11)7-9-1-3-10(4-2-9)8-20(18)19/h1-6H,7-8H2,(H,18,19). The fourth-order valence-corrected chi connectivity index (χ4v) is 2.15. The monoisotopic (exact) mass is 304 g/mol. The van der Waals surface area contributed by atoms with Gasteiger partial charge < -0.3 is 4.55 Å². The molecule has 0 saturated heterocycles. The zero-order chi connectivity index (χ0) is 14.8. The molecule has 4 nitrogen and oxygen atoms in total. The second-order valence-electron chi connectivity index (χ2n) is 4.18. The van der Waals surface area contributed by atoms with E-state index in [1.54, 1.807) is 24.3 Å². The summed E-state index contributed by atoms with van der Waals surface area (Å²) in [5.41, 5.74) is 0.519. The molecular weight excluding hydrogens is 293 g/mol. The topological polar surface area (TPSA) is 55.1 Å². The smallest absolute Gasteiger partial charge is 0.306 e. The van der Waals surface area contributed by atoms with Crippen LogP contribution in [0, 0.1) is 0 Å². The van der Waals surface area contributed by atoms with Gasteiger partial charge in [0.25, 0.3) is 0 Å². The van der Waals surface area contributed by atoms with Gasteiger partial charge in [-0.2, -0.15) is 18.3 Å². The van der Waals surface area contributed by atoms with Gasteiger partial charge in [0.05, 0.1) is 12.3 Å². The predicted molar refractivity (Wildman–Crippen MR) is 67.2 cm³/mol. The molecule has 1 aromatic heterocycles. The maximum absolute atomic E-state index is 12.4. The summed E-state index contributed by atoms with van der Waals surface area (Å²) in [5.74, 6) is 0.0280. The summed E-state index contributed by atoms with van der Waals surface area (Å²) in [5, 5.41) is 3.45. The van der Waals surface area contributed by atoms with Crippen LogP contribution in [0.1, 0.15) is 16.8 Å². The third kappa shape index (κ3) is 3.91. The van der Waals surface area contributed by atoms with Crippen LogP contribution in [-0.4, -0.2) is 18.5 Å². The molecule has 0 amide bonds. The second-order valence-corrected chi connectivity index (χ2v) is 5.11. The van der Waals surface area contributed by atoms with Crippen molar-refractivity contribution in [2.45, 2.75) is 18.5 Å². The molecule has 0 saturated carbocycles. The number of rotatable bonds is 4. The molecule has 0 fully saturated rings. The molecule has 108 valence electrons. The molecule has 1 unspecified atom stereocenters. The van der Waals surface area contributed by atoms with Crippen molar-refractivity contribution in [2.24, 2.45) is 0 Å². The van der Waals surface area contributed by atoms with Crippen molar-refractivity contribution in [2.75, 3.05) is 0 Å². The zero-order valence-corrected chi connectivity index (χ0v) is 11.0. The Morgan fingerprint density at radius 2 is 1.75 bits per heavy atom. The average molecular weight is 304 g/mol. The molecular formula is C12H11F3N2O2S. The van der Waals surface area contributed by atoms with E-state index in [0.29, 0.717) is 5.56 Å². The Balaban J connectivity index is 2.06. The summed E-state index contributed by atoms with van der Waals surface area (Å²) >= 11 is -1.91. The molecule has 2 aromatic rings. The van der Waals surface area contributed by atoms with Crippen LogP contribution in [0.3, 0.4) is 0 Å². The van der Waals surface area contributed by atoms with Crippen LogP contribution < -0.4 is 0 Å². The van der Waals surface area contributed by atoms with Gasteiger partial charge in [0, 0.05) is 6.20 Å². The molecule has 0 aliphatic rings. The number of alkyl halides is 3. The van der Waals surface area contributed by atoms with Gasteiger partial charge in [-0.05, 0) is 17.2 Å². The minimum absolute atomic E-state index is 0.0280. The van der Waals surface area contributed by atoms with Crippen LogP contribution in [0.25, 0.3) is 0 Å². The highest BCUT2D eigenvalue weighted by Crippen LogP contribution is 2.27. The lowest BCUT2D eigenvalue weighted by atomic mass is 10.1. The largest absolute Gasteiger partial charge is 0.435 e. The Labute approximate surface area is 115 Å². The Morgan fingerprint density at radius 3 is 2.25 bits per heavy atom. The van der Waals surface area contributed by atoms with Crippen molar-refractivity contribution in [1.82, 2.24) is 9.78 Å². The number of nitrogens with zero attached hydrogens (tertiary/aromatic N) is 2. The molecule has 1 N–H and O–H groups in total. The van der Waals surface area contributed by atoms with Crippen molar-refractivity contribution < 1.29 is 21.9 Å². The van der Waals surface area contributed by atoms with Gasteiger partial charge >= 0.3 is 6.18 Å². The zero-order valence-electron chi connectivity index (χ0n) is 10.2. The van der Waals surface area contributed by atoms with Crippen LogP contribution in [0.4, 0.5) is 13.2 Å². The van der Waals surface area contributed by atoms with Crippen molar-refractivity contribution in [3.63, 3.8) is 0 Å². The first-order valence-electron chi connectivity index (χ1n) is 5.60. The molecule has 0 aliphatic carbocycles. The molecule has 0 spiro atoms. The lowest BCUT2D eigenvalue weighted by molar-refractivity contribution is -0.141. The predicted octanol–water partition coefficient (Wildman–Crippen LogP) is 2.67. The summed E-state index contributed by atoms with van der Waals surface area (Å²) in [4.78, 5) is 0. The summed E-state index contributed by atoms with van der Waals surface area (Å²) in [6.45, 7) is 0.207. The summed E-state index contributed by atoms with van der Waals surface area (Å²) < 4.78 is 57.7. The van der Waals surface area contributed by atoms with E-state index < -0.39 is 23.0 Å².